The summed E-state index contributed by atoms with van der Waals surface area (Å²) in [7, 11) is 0. The molecule has 84 valence electrons. The quantitative estimate of drug-likeness (QED) is 0.458. The van der Waals surface area contributed by atoms with Gasteiger partial charge >= 0.3 is 0 Å². The molecule has 0 radical (unpaired) electrons. The number of hydrogen-bond donors (Lipinski definition) is 2. The van der Waals surface area contributed by atoms with E-state index in [9.17, 15) is 4.79 Å². The van der Waals surface area contributed by atoms with Crippen LogP contribution in [0.4, 0.5) is 0 Å². The second-order valence-corrected chi connectivity index (χ2v) is 3.77. The molecule has 5 nitrogen and oxygen atoms in total. The number of fused-ring (bicyclic) bond motifs is 1. The number of nitrogens with one attached hydrogen (secondary N) is 1. The lowest BCUT2D eigenvalue weighted by Gasteiger charge is -2.12. The number of rotatable bonds is 3. The van der Waals surface area contributed by atoms with E-state index in [1.165, 1.54) is 0 Å². The highest BCUT2D eigenvalue weighted by Gasteiger charge is 2.12. The van der Waals surface area contributed by atoms with Crippen LogP contribution in [0, 0.1) is 0 Å². The summed E-state index contributed by atoms with van der Waals surface area (Å²) in [6.45, 7) is 1.94. The summed E-state index contributed by atoms with van der Waals surface area (Å²) in [4.78, 5) is 11.2. The van der Waals surface area contributed by atoms with E-state index in [0.29, 0.717) is 6.42 Å². The predicted molar refractivity (Wildman–Crippen MR) is 61.4 cm³/mol. The molecule has 1 atom stereocenters. The van der Waals surface area contributed by atoms with Crippen molar-refractivity contribution in [1.82, 2.24) is 15.2 Å². The van der Waals surface area contributed by atoms with Gasteiger partial charge in [-0.1, -0.05) is 18.2 Å². The van der Waals surface area contributed by atoms with Crippen molar-refractivity contribution in [2.45, 2.75) is 19.4 Å². The van der Waals surface area contributed by atoms with Crippen molar-refractivity contribution < 1.29 is 4.79 Å². The fraction of sp³-hybridized carbons (Fsp3) is 0.273. The number of nitrogens with zero attached hydrogens (tertiary/aromatic N) is 2. The molecular weight excluding hydrogens is 204 g/mol. The lowest BCUT2D eigenvalue weighted by Crippen LogP contribution is -2.31. The molecule has 0 aliphatic carbocycles. The number of hydrazine groups is 1. The zero-order chi connectivity index (χ0) is 11.5. The van der Waals surface area contributed by atoms with Gasteiger partial charge in [-0.05, 0) is 13.0 Å². The second kappa shape index (κ2) is 4.32. The number of carbonyl (C=O) groups is 1. The van der Waals surface area contributed by atoms with E-state index in [1.807, 2.05) is 35.9 Å². The van der Waals surface area contributed by atoms with E-state index in [1.54, 1.807) is 6.20 Å². The van der Waals surface area contributed by atoms with E-state index < -0.39 is 0 Å². The van der Waals surface area contributed by atoms with Crippen LogP contribution in [0.1, 0.15) is 19.4 Å². The van der Waals surface area contributed by atoms with Crippen molar-refractivity contribution >= 4 is 16.8 Å². The van der Waals surface area contributed by atoms with Crippen molar-refractivity contribution in [2.24, 2.45) is 5.84 Å². The minimum absolute atomic E-state index is 0.0107. The number of aromatic nitrogens is 2. The first-order valence-electron chi connectivity index (χ1n) is 5.14. The minimum atomic E-state index is -0.188. The van der Waals surface area contributed by atoms with Gasteiger partial charge in [-0.25, -0.2) is 5.84 Å². The van der Waals surface area contributed by atoms with E-state index in [2.05, 4.69) is 10.5 Å². The summed E-state index contributed by atoms with van der Waals surface area (Å²) < 4.78 is 1.84. The fourth-order valence-corrected chi connectivity index (χ4v) is 1.76. The summed E-state index contributed by atoms with van der Waals surface area (Å²) in [6, 6.07) is 7.89. The van der Waals surface area contributed by atoms with Gasteiger partial charge < -0.3 is 0 Å². The Morgan fingerprint density at radius 1 is 1.56 bits per heavy atom. The molecule has 16 heavy (non-hydrogen) atoms. The molecule has 5 heteroatoms. The topological polar surface area (TPSA) is 72.9 Å². The summed E-state index contributed by atoms with van der Waals surface area (Å²) in [5, 5.41) is 5.35. The zero-order valence-electron chi connectivity index (χ0n) is 9.05. The summed E-state index contributed by atoms with van der Waals surface area (Å²) in [6.07, 6.45) is 2.12. The molecule has 1 unspecified atom stereocenters. The molecule has 0 fully saturated rings. The Labute approximate surface area is 93.2 Å². The van der Waals surface area contributed by atoms with Crippen LogP contribution in [0.5, 0.6) is 0 Å². The van der Waals surface area contributed by atoms with Gasteiger partial charge in [0.2, 0.25) is 5.91 Å². The summed E-state index contributed by atoms with van der Waals surface area (Å²) >= 11 is 0. The molecule has 0 spiro atoms. The van der Waals surface area contributed by atoms with Crippen LogP contribution in [-0.4, -0.2) is 15.7 Å². The number of carbonyl (C=O) groups excluding carboxylic acids is 1. The van der Waals surface area contributed by atoms with Crippen molar-refractivity contribution in [3.8, 4) is 0 Å². The highest BCUT2D eigenvalue weighted by molar-refractivity contribution is 5.79. The molecule has 0 bridgehead atoms. The molecule has 1 amide bonds. The van der Waals surface area contributed by atoms with Crippen molar-refractivity contribution in [1.29, 1.82) is 0 Å². The highest BCUT2D eigenvalue weighted by atomic mass is 16.2. The fourth-order valence-electron chi connectivity index (χ4n) is 1.76. The Bertz CT molecular complexity index is 505. The number of para-hydroxylation sites is 1. The molecule has 0 aliphatic heterocycles. The Balaban J connectivity index is 2.29. The molecule has 0 aliphatic rings. The van der Waals surface area contributed by atoms with Gasteiger partial charge in [0.15, 0.2) is 0 Å². The van der Waals surface area contributed by atoms with Crippen LogP contribution in [0.3, 0.4) is 0 Å². The van der Waals surface area contributed by atoms with E-state index >= 15 is 0 Å². The van der Waals surface area contributed by atoms with Gasteiger partial charge in [-0.15, -0.1) is 0 Å². The third kappa shape index (κ3) is 1.90. The second-order valence-electron chi connectivity index (χ2n) is 3.77. The summed E-state index contributed by atoms with van der Waals surface area (Å²) in [5.74, 6) is 4.87. The van der Waals surface area contributed by atoms with Crippen LogP contribution in [-0.2, 0) is 4.79 Å². The predicted octanol–water partition coefficient (Wildman–Crippen LogP) is 0.977. The first-order chi connectivity index (χ1) is 7.72. The molecule has 0 saturated carbocycles. The van der Waals surface area contributed by atoms with Gasteiger partial charge in [0, 0.05) is 5.39 Å². The lowest BCUT2D eigenvalue weighted by molar-refractivity contribution is -0.121. The molecule has 0 saturated heterocycles. The molecule has 1 aromatic carbocycles. The molecule has 2 rings (SSSR count). The molecule has 1 heterocycles. The molecule has 3 N–H and O–H groups in total. The Morgan fingerprint density at radius 2 is 2.31 bits per heavy atom. The van der Waals surface area contributed by atoms with Gasteiger partial charge in [0.05, 0.1) is 24.2 Å². The van der Waals surface area contributed by atoms with Gasteiger partial charge in [0.1, 0.15) is 0 Å². The first kappa shape index (κ1) is 10.6. The SMILES string of the molecule is CC(CC(=O)NN)n1ncc2ccccc21. The van der Waals surface area contributed by atoms with Crippen LogP contribution in [0.25, 0.3) is 10.9 Å². The van der Waals surface area contributed by atoms with Crippen molar-refractivity contribution in [2.75, 3.05) is 0 Å². The Hall–Kier alpha value is -1.88. The normalized spacial score (nSPS) is 12.6. The largest absolute Gasteiger partial charge is 0.294 e. The van der Waals surface area contributed by atoms with E-state index in [0.717, 1.165) is 10.9 Å². The molecular formula is C11H14N4O. The van der Waals surface area contributed by atoms with E-state index in [4.69, 9.17) is 5.84 Å². The van der Waals surface area contributed by atoms with Crippen LogP contribution >= 0.6 is 0 Å². The Morgan fingerprint density at radius 3 is 3.06 bits per heavy atom. The van der Waals surface area contributed by atoms with Crippen LogP contribution in [0.2, 0.25) is 0 Å². The number of benzene rings is 1. The smallest absolute Gasteiger partial charge is 0.236 e. The zero-order valence-corrected chi connectivity index (χ0v) is 9.05. The number of hydrogen-bond acceptors (Lipinski definition) is 3. The maximum Gasteiger partial charge on any atom is 0.236 e. The average Bonchev–Trinajstić information content (AvgIpc) is 2.72. The first-order valence-corrected chi connectivity index (χ1v) is 5.14. The number of nitrogens with two attached hydrogens (primary N) is 1. The third-order valence-electron chi connectivity index (χ3n) is 2.56. The van der Waals surface area contributed by atoms with Gasteiger partial charge in [-0.3, -0.25) is 14.9 Å². The maximum absolute atomic E-state index is 11.2. The van der Waals surface area contributed by atoms with Gasteiger partial charge in [0.25, 0.3) is 0 Å². The summed E-state index contributed by atoms with van der Waals surface area (Å²) in [5.41, 5.74) is 3.15. The van der Waals surface area contributed by atoms with Crippen molar-refractivity contribution in [3.05, 3.63) is 30.5 Å². The van der Waals surface area contributed by atoms with Gasteiger partial charge in [-0.2, -0.15) is 5.10 Å². The van der Waals surface area contributed by atoms with Crippen LogP contribution in [0.15, 0.2) is 30.5 Å². The lowest BCUT2D eigenvalue weighted by atomic mass is 10.2. The molecule has 2 aromatic rings. The third-order valence-corrected chi connectivity index (χ3v) is 2.56. The van der Waals surface area contributed by atoms with Crippen molar-refractivity contribution in [3.63, 3.8) is 0 Å². The standard InChI is InChI=1S/C11H14N4O/c1-8(6-11(16)14-12)15-10-5-3-2-4-9(10)7-13-15/h2-5,7-8H,6,12H2,1H3,(H,14,16). The number of amides is 1. The average molecular weight is 218 g/mol. The maximum atomic E-state index is 11.2. The van der Waals surface area contributed by atoms with Crippen LogP contribution < -0.4 is 11.3 Å². The minimum Gasteiger partial charge on any atom is -0.294 e. The highest BCUT2D eigenvalue weighted by Crippen LogP contribution is 2.19. The van der Waals surface area contributed by atoms with E-state index in [-0.39, 0.29) is 11.9 Å². The monoisotopic (exact) mass is 218 g/mol. The Kier molecular flexibility index (Phi) is 2.87. The molecule has 1 aromatic heterocycles.